The van der Waals surface area contributed by atoms with Gasteiger partial charge in [-0.25, -0.2) is 4.79 Å². The summed E-state index contributed by atoms with van der Waals surface area (Å²) in [4.78, 5) is 13.4. The van der Waals surface area contributed by atoms with Crippen molar-refractivity contribution in [3.63, 3.8) is 0 Å². The molecule has 1 amide bonds. The highest BCUT2D eigenvalue weighted by Crippen LogP contribution is 2.46. The molecule has 1 spiro atoms. The van der Waals surface area contributed by atoms with Crippen molar-refractivity contribution < 1.29 is 9.53 Å². The van der Waals surface area contributed by atoms with Crippen LogP contribution in [0.5, 0.6) is 0 Å². The minimum absolute atomic E-state index is 0.175. The highest BCUT2D eigenvalue weighted by Gasteiger charge is 2.48. The van der Waals surface area contributed by atoms with Crippen molar-refractivity contribution in [2.24, 2.45) is 5.41 Å². The molecule has 1 saturated heterocycles. The normalized spacial score (nSPS) is 22.9. The van der Waals surface area contributed by atoms with E-state index in [2.05, 4.69) is 13.0 Å². The molecule has 3 nitrogen and oxygen atoms in total. The zero-order chi connectivity index (χ0) is 11.3. The molecule has 1 fully saturated rings. The maximum atomic E-state index is 11.6. The molecule has 0 atom stereocenters. The van der Waals surface area contributed by atoms with Gasteiger partial charge in [-0.1, -0.05) is 11.6 Å². The summed E-state index contributed by atoms with van der Waals surface area (Å²) in [5.41, 5.74) is 1.37. The molecule has 1 aliphatic heterocycles. The second-order valence-corrected chi connectivity index (χ2v) is 5.87. The van der Waals surface area contributed by atoms with Gasteiger partial charge in [0.25, 0.3) is 0 Å². The molecular formula is C12H19NO2. The number of hydrogen-bond donors (Lipinski definition) is 0. The SMILES string of the molecule is CC1=CC2(C1)CN(C(=O)OC(C)(C)C)C2. The number of ether oxygens (including phenoxy) is 1. The predicted molar refractivity (Wildman–Crippen MR) is 58.6 cm³/mol. The van der Waals surface area contributed by atoms with Crippen LogP contribution in [0.2, 0.25) is 0 Å². The fourth-order valence-electron chi connectivity index (χ4n) is 2.42. The Kier molecular flexibility index (Phi) is 2.11. The van der Waals surface area contributed by atoms with Crippen LogP contribution in [0, 0.1) is 5.41 Å². The number of nitrogens with zero attached hydrogens (tertiary/aromatic N) is 1. The molecule has 2 aliphatic rings. The molecule has 1 aliphatic carbocycles. The third-order valence-corrected chi connectivity index (χ3v) is 2.85. The van der Waals surface area contributed by atoms with Crippen LogP contribution < -0.4 is 0 Å². The molecule has 0 unspecified atom stereocenters. The Hall–Kier alpha value is -0.990. The molecule has 15 heavy (non-hydrogen) atoms. The summed E-state index contributed by atoms with van der Waals surface area (Å²) in [5.74, 6) is 0. The molecule has 3 heteroatoms. The van der Waals surface area contributed by atoms with Crippen molar-refractivity contribution in [1.29, 1.82) is 0 Å². The van der Waals surface area contributed by atoms with Gasteiger partial charge in [0.1, 0.15) is 5.60 Å². The second kappa shape index (κ2) is 3.00. The van der Waals surface area contributed by atoms with Gasteiger partial charge in [-0.3, -0.25) is 0 Å². The van der Waals surface area contributed by atoms with E-state index in [0.29, 0.717) is 5.41 Å². The molecule has 0 saturated carbocycles. The number of allylic oxidation sites excluding steroid dienone is 1. The van der Waals surface area contributed by atoms with Crippen molar-refractivity contribution in [3.8, 4) is 0 Å². The van der Waals surface area contributed by atoms with Crippen LogP contribution in [0.25, 0.3) is 0 Å². The number of amides is 1. The summed E-state index contributed by atoms with van der Waals surface area (Å²) in [7, 11) is 0. The Labute approximate surface area is 91.1 Å². The van der Waals surface area contributed by atoms with Gasteiger partial charge in [0.05, 0.1) is 0 Å². The van der Waals surface area contributed by atoms with Crippen LogP contribution >= 0.6 is 0 Å². The first-order valence-corrected chi connectivity index (χ1v) is 5.46. The Bertz CT molecular complexity index is 319. The lowest BCUT2D eigenvalue weighted by atomic mass is 9.66. The van der Waals surface area contributed by atoms with Crippen LogP contribution in [0.3, 0.4) is 0 Å². The molecule has 0 bridgehead atoms. The van der Waals surface area contributed by atoms with Crippen LogP contribution in [-0.2, 0) is 4.74 Å². The lowest BCUT2D eigenvalue weighted by Crippen LogP contribution is -2.60. The average Bonchev–Trinajstić information content (AvgIpc) is 1.89. The first-order chi connectivity index (χ1) is 6.80. The van der Waals surface area contributed by atoms with E-state index in [1.165, 1.54) is 5.57 Å². The van der Waals surface area contributed by atoms with Gasteiger partial charge < -0.3 is 9.64 Å². The first kappa shape index (κ1) is 10.5. The molecular weight excluding hydrogens is 190 g/mol. The molecule has 0 aromatic rings. The molecule has 0 radical (unpaired) electrons. The maximum absolute atomic E-state index is 11.6. The quantitative estimate of drug-likeness (QED) is 0.574. The summed E-state index contributed by atoms with van der Waals surface area (Å²) >= 11 is 0. The number of carbonyl (C=O) groups excluding carboxylic acids is 1. The van der Waals surface area contributed by atoms with Crippen molar-refractivity contribution in [2.45, 2.75) is 39.7 Å². The van der Waals surface area contributed by atoms with Gasteiger partial charge in [-0.05, 0) is 34.1 Å². The Morgan fingerprint density at radius 1 is 1.47 bits per heavy atom. The van der Waals surface area contributed by atoms with Crippen molar-refractivity contribution in [3.05, 3.63) is 11.6 Å². The van der Waals surface area contributed by atoms with E-state index in [-0.39, 0.29) is 11.7 Å². The summed E-state index contributed by atoms with van der Waals surface area (Å²) in [6.07, 6.45) is 3.26. The number of carbonyl (C=O) groups is 1. The third-order valence-electron chi connectivity index (χ3n) is 2.85. The van der Waals surface area contributed by atoms with Crippen LogP contribution in [0.15, 0.2) is 11.6 Å². The topological polar surface area (TPSA) is 29.5 Å². The van der Waals surface area contributed by atoms with Gasteiger partial charge >= 0.3 is 6.09 Å². The molecule has 0 aromatic heterocycles. The highest BCUT2D eigenvalue weighted by atomic mass is 16.6. The van der Waals surface area contributed by atoms with E-state index in [1.807, 2.05) is 20.8 Å². The Morgan fingerprint density at radius 3 is 2.40 bits per heavy atom. The fraction of sp³-hybridized carbons (Fsp3) is 0.750. The van der Waals surface area contributed by atoms with E-state index in [0.717, 1.165) is 19.5 Å². The van der Waals surface area contributed by atoms with Gasteiger partial charge in [0.15, 0.2) is 0 Å². The lowest BCUT2D eigenvalue weighted by Gasteiger charge is -2.53. The first-order valence-electron chi connectivity index (χ1n) is 5.46. The standard InChI is InChI=1S/C12H19NO2/c1-9-5-12(6-9)7-13(8-12)10(14)15-11(2,3)4/h5H,6-8H2,1-4H3. The van der Waals surface area contributed by atoms with Gasteiger partial charge in [0, 0.05) is 18.5 Å². The molecule has 1 heterocycles. The van der Waals surface area contributed by atoms with E-state index < -0.39 is 0 Å². The van der Waals surface area contributed by atoms with Gasteiger partial charge in [-0.15, -0.1) is 0 Å². The number of hydrogen-bond acceptors (Lipinski definition) is 2. The van der Waals surface area contributed by atoms with Gasteiger partial charge in [-0.2, -0.15) is 0 Å². The largest absolute Gasteiger partial charge is 0.444 e. The van der Waals surface area contributed by atoms with E-state index in [9.17, 15) is 4.79 Å². The number of likely N-dealkylation sites (tertiary alicyclic amines) is 1. The lowest BCUT2D eigenvalue weighted by molar-refractivity contribution is -0.0238. The predicted octanol–water partition coefficient (Wildman–Crippen LogP) is 2.57. The van der Waals surface area contributed by atoms with Crippen LogP contribution in [-0.4, -0.2) is 29.7 Å². The molecule has 0 aromatic carbocycles. The molecule has 2 rings (SSSR count). The summed E-state index contributed by atoms with van der Waals surface area (Å²) in [5, 5.41) is 0. The van der Waals surface area contributed by atoms with Crippen molar-refractivity contribution in [2.75, 3.05) is 13.1 Å². The summed E-state index contributed by atoms with van der Waals surface area (Å²) < 4.78 is 5.30. The third kappa shape index (κ3) is 2.01. The highest BCUT2D eigenvalue weighted by molar-refractivity contribution is 5.70. The Balaban J connectivity index is 1.83. The average molecular weight is 209 g/mol. The van der Waals surface area contributed by atoms with Crippen LogP contribution in [0.4, 0.5) is 4.79 Å². The number of rotatable bonds is 0. The minimum Gasteiger partial charge on any atom is -0.444 e. The monoisotopic (exact) mass is 209 g/mol. The second-order valence-electron chi connectivity index (χ2n) is 5.87. The van der Waals surface area contributed by atoms with Crippen molar-refractivity contribution >= 4 is 6.09 Å². The minimum atomic E-state index is -0.384. The Morgan fingerprint density at radius 2 is 2.00 bits per heavy atom. The maximum Gasteiger partial charge on any atom is 0.410 e. The molecule has 84 valence electrons. The zero-order valence-electron chi connectivity index (χ0n) is 9.96. The van der Waals surface area contributed by atoms with E-state index >= 15 is 0 Å². The van der Waals surface area contributed by atoms with E-state index in [4.69, 9.17) is 4.74 Å². The fourth-order valence-corrected chi connectivity index (χ4v) is 2.42. The zero-order valence-corrected chi connectivity index (χ0v) is 9.96. The van der Waals surface area contributed by atoms with Crippen LogP contribution in [0.1, 0.15) is 34.1 Å². The summed E-state index contributed by atoms with van der Waals surface area (Å²) in [6, 6.07) is 0. The molecule has 0 N–H and O–H groups in total. The summed E-state index contributed by atoms with van der Waals surface area (Å²) in [6.45, 7) is 9.50. The van der Waals surface area contributed by atoms with Gasteiger partial charge in [0.2, 0.25) is 0 Å². The van der Waals surface area contributed by atoms with E-state index in [1.54, 1.807) is 4.90 Å². The smallest absolute Gasteiger partial charge is 0.410 e. The van der Waals surface area contributed by atoms with Crippen molar-refractivity contribution in [1.82, 2.24) is 4.90 Å².